The maximum atomic E-state index is 11.6. The molecule has 2 rings (SSSR count). The lowest BCUT2D eigenvalue weighted by atomic mass is 10.1. The van der Waals surface area contributed by atoms with Crippen LogP contribution in [0.2, 0.25) is 0 Å². The van der Waals surface area contributed by atoms with E-state index in [1.165, 1.54) is 4.68 Å². The van der Waals surface area contributed by atoms with Crippen LogP contribution >= 0.6 is 0 Å². The van der Waals surface area contributed by atoms with Gasteiger partial charge in [-0.2, -0.15) is 5.10 Å². The maximum absolute atomic E-state index is 11.6. The van der Waals surface area contributed by atoms with E-state index in [9.17, 15) is 9.59 Å². The van der Waals surface area contributed by atoms with Crippen molar-refractivity contribution in [2.24, 2.45) is 13.0 Å². The van der Waals surface area contributed by atoms with Crippen LogP contribution in [0.15, 0.2) is 17.1 Å². The van der Waals surface area contributed by atoms with Crippen LogP contribution in [0.4, 0.5) is 5.69 Å². The van der Waals surface area contributed by atoms with Crippen LogP contribution in [0.25, 0.3) is 0 Å². The highest BCUT2D eigenvalue weighted by molar-refractivity contribution is 5.77. The van der Waals surface area contributed by atoms with Crippen molar-refractivity contribution in [2.45, 2.75) is 19.8 Å². The zero-order chi connectivity index (χ0) is 15.9. The SMILES string of the molecule is CCCOCC(=O)NC[C@H]1CCN(c2cnn(C)c(=O)c2)C1. The Hall–Kier alpha value is -1.89. The standard InChI is InChI=1S/C15H24N4O3/c1-3-6-22-11-14(20)16-8-12-4-5-19(10-12)13-7-15(21)18(2)17-9-13/h7,9,12H,3-6,8,10-11H2,1-2H3,(H,16,20)/t12-/m1/s1. The first kappa shape index (κ1) is 16.5. The zero-order valence-corrected chi connectivity index (χ0v) is 13.2. The molecule has 1 aromatic rings. The van der Waals surface area contributed by atoms with Crippen molar-refractivity contribution in [3.05, 3.63) is 22.6 Å². The topological polar surface area (TPSA) is 76.5 Å². The molecule has 1 N–H and O–H groups in total. The minimum absolute atomic E-state index is 0.0675. The number of hydrogen-bond donors (Lipinski definition) is 1. The number of aromatic nitrogens is 2. The second-order valence-corrected chi connectivity index (χ2v) is 5.63. The second kappa shape index (κ2) is 7.93. The summed E-state index contributed by atoms with van der Waals surface area (Å²) in [6.07, 6.45) is 3.61. The number of carbonyl (C=O) groups is 1. The molecule has 1 aromatic heterocycles. The molecule has 0 radical (unpaired) electrons. The molecule has 1 saturated heterocycles. The van der Waals surface area contributed by atoms with Gasteiger partial charge in [0.25, 0.3) is 5.56 Å². The maximum Gasteiger partial charge on any atom is 0.268 e. The van der Waals surface area contributed by atoms with E-state index in [2.05, 4.69) is 15.3 Å². The van der Waals surface area contributed by atoms with Crippen LogP contribution in [0, 0.1) is 5.92 Å². The van der Waals surface area contributed by atoms with Crippen molar-refractivity contribution >= 4 is 11.6 Å². The first-order valence-corrected chi connectivity index (χ1v) is 7.73. The Morgan fingerprint density at radius 2 is 2.36 bits per heavy atom. The Morgan fingerprint density at radius 3 is 3.09 bits per heavy atom. The quantitative estimate of drug-likeness (QED) is 0.726. The molecule has 0 spiro atoms. The molecule has 0 aliphatic carbocycles. The van der Waals surface area contributed by atoms with E-state index >= 15 is 0 Å². The first-order chi connectivity index (χ1) is 10.6. The number of rotatable bonds is 7. The van der Waals surface area contributed by atoms with Gasteiger partial charge in [0.15, 0.2) is 0 Å². The predicted molar refractivity (Wildman–Crippen MR) is 83.9 cm³/mol. The summed E-state index contributed by atoms with van der Waals surface area (Å²) in [4.78, 5) is 25.4. The highest BCUT2D eigenvalue weighted by Gasteiger charge is 2.23. The van der Waals surface area contributed by atoms with Crippen molar-refractivity contribution in [2.75, 3.05) is 37.7 Å². The number of amides is 1. The minimum atomic E-state index is -0.109. The molecule has 2 heterocycles. The number of anilines is 1. The van der Waals surface area contributed by atoms with Gasteiger partial charge in [-0.1, -0.05) is 6.92 Å². The van der Waals surface area contributed by atoms with Gasteiger partial charge in [-0.3, -0.25) is 9.59 Å². The lowest BCUT2D eigenvalue weighted by Crippen LogP contribution is -2.33. The third kappa shape index (κ3) is 4.56. The summed E-state index contributed by atoms with van der Waals surface area (Å²) >= 11 is 0. The fourth-order valence-electron chi connectivity index (χ4n) is 2.48. The molecule has 1 atom stereocenters. The van der Waals surface area contributed by atoms with E-state index < -0.39 is 0 Å². The summed E-state index contributed by atoms with van der Waals surface area (Å²) in [7, 11) is 1.63. The van der Waals surface area contributed by atoms with Crippen molar-refractivity contribution in [3.8, 4) is 0 Å². The Bertz CT molecular complexity index is 558. The highest BCUT2D eigenvalue weighted by atomic mass is 16.5. The van der Waals surface area contributed by atoms with Gasteiger partial charge >= 0.3 is 0 Å². The number of nitrogens with zero attached hydrogens (tertiary/aromatic N) is 3. The Morgan fingerprint density at radius 1 is 1.55 bits per heavy atom. The molecule has 1 aliphatic heterocycles. The lowest BCUT2D eigenvalue weighted by molar-refractivity contribution is -0.125. The van der Waals surface area contributed by atoms with Crippen LogP contribution in [0.1, 0.15) is 19.8 Å². The summed E-state index contributed by atoms with van der Waals surface area (Å²) in [6.45, 7) is 5.09. The highest BCUT2D eigenvalue weighted by Crippen LogP contribution is 2.21. The molecule has 0 bridgehead atoms. The van der Waals surface area contributed by atoms with Crippen LogP contribution in [0.5, 0.6) is 0 Å². The summed E-state index contributed by atoms with van der Waals surface area (Å²) in [5.74, 6) is 0.321. The number of hydrogen-bond acceptors (Lipinski definition) is 5. The van der Waals surface area contributed by atoms with E-state index in [0.717, 1.165) is 31.6 Å². The lowest BCUT2D eigenvalue weighted by Gasteiger charge is -2.18. The van der Waals surface area contributed by atoms with Gasteiger partial charge in [-0.25, -0.2) is 4.68 Å². The zero-order valence-electron chi connectivity index (χ0n) is 13.2. The Labute approximate surface area is 130 Å². The number of aryl methyl sites for hydroxylation is 1. The fourth-order valence-corrected chi connectivity index (χ4v) is 2.48. The van der Waals surface area contributed by atoms with Crippen molar-refractivity contribution in [1.29, 1.82) is 0 Å². The average molecular weight is 308 g/mol. The first-order valence-electron chi connectivity index (χ1n) is 7.73. The van der Waals surface area contributed by atoms with E-state index in [0.29, 0.717) is 19.1 Å². The normalized spacial score (nSPS) is 17.7. The molecule has 0 saturated carbocycles. The number of ether oxygens (including phenoxy) is 1. The minimum Gasteiger partial charge on any atom is -0.372 e. The smallest absolute Gasteiger partial charge is 0.268 e. The summed E-state index contributed by atoms with van der Waals surface area (Å²) in [6, 6.07) is 1.60. The molecule has 122 valence electrons. The van der Waals surface area contributed by atoms with Crippen LogP contribution in [-0.2, 0) is 16.6 Å². The van der Waals surface area contributed by atoms with Gasteiger partial charge in [0.2, 0.25) is 5.91 Å². The second-order valence-electron chi connectivity index (χ2n) is 5.63. The van der Waals surface area contributed by atoms with Crippen LogP contribution < -0.4 is 15.8 Å². The van der Waals surface area contributed by atoms with E-state index in [1.54, 1.807) is 19.3 Å². The fraction of sp³-hybridized carbons (Fsp3) is 0.667. The average Bonchev–Trinajstić information content (AvgIpc) is 2.97. The third-order valence-corrected chi connectivity index (χ3v) is 3.77. The Kier molecular flexibility index (Phi) is 5.94. The summed E-state index contributed by atoms with van der Waals surface area (Å²) < 4.78 is 6.52. The molecule has 1 fully saturated rings. The van der Waals surface area contributed by atoms with E-state index in [4.69, 9.17) is 4.74 Å². The van der Waals surface area contributed by atoms with Gasteiger partial charge in [0, 0.05) is 39.4 Å². The third-order valence-electron chi connectivity index (χ3n) is 3.77. The molecule has 1 aliphatic rings. The molecule has 0 unspecified atom stereocenters. The van der Waals surface area contributed by atoms with Crippen molar-refractivity contribution < 1.29 is 9.53 Å². The predicted octanol–water partition coefficient (Wildman–Crippen LogP) is 0.149. The summed E-state index contributed by atoms with van der Waals surface area (Å²) in [5, 5.41) is 6.94. The van der Waals surface area contributed by atoms with Gasteiger partial charge in [0.05, 0.1) is 11.9 Å². The molecule has 7 nitrogen and oxygen atoms in total. The van der Waals surface area contributed by atoms with Gasteiger partial charge in [0.1, 0.15) is 6.61 Å². The molecule has 1 amide bonds. The molecule has 7 heteroatoms. The monoisotopic (exact) mass is 308 g/mol. The molecule has 22 heavy (non-hydrogen) atoms. The van der Waals surface area contributed by atoms with Crippen LogP contribution in [-0.4, -0.2) is 48.5 Å². The number of carbonyl (C=O) groups excluding carboxylic acids is 1. The molecular weight excluding hydrogens is 284 g/mol. The van der Waals surface area contributed by atoms with Crippen LogP contribution in [0.3, 0.4) is 0 Å². The van der Waals surface area contributed by atoms with Crippen molar-refractivity contribution in [3.63, 3.8) is 0 Å². The van der Waals surface area contributed by atoms with E-state index in [-0.39, 0.29) is 18.1 Å². The summed E-state index contributed by atoms with van der Waals surface area (Å²) in [5.41, 5.74) is 0.741. The molecule has 0 aromatic carbocycles. The largest absolute Gasteiger partial charge is 0.372 e. The van der Waals surface area contributed by atoms with Crippen molar-refractivity contribution in [1.82, 2.24) is 15.1 Å². The van der Waals surface area contributed by atoms with Gasteiger partial charge < -0.3 is 15.0 Å². The van der Waals surface area contributed by atoms with Gasteiger partial charge in [-0.05, 0) is 18.8 Å². The van der Waals surface area contributed by atoms with E-state index in [1.807, 2.05) is 6.92 Å². The Balaban J connectivity index is 1.76. The van der Waals surface area contributed by atoms with Gasteiger partial charge in [-0.15, -0.1) is 0 Å². The number of nitrogens with one attached hydrogen (secondary N) is 1. The molecular formula is C15H24N4O3.